The van der Waals surface area contributed by atoms with E-state index in [4.69, 9.17) is 4.42 Å². The van der Waals surface area contributed by atoms with Gasteiger partial charge in [-0.15, -0.1) is 0 Å². The van der Waals surface area contributed by atoms with Crippen LogP contribution in [0.1, 0.15) is 24.3 Å². The Labute approximate surface area is 140 Å². The number of hydrogen-bond donors (Lipinski definition) is 2. The van der Waals surface area contributed by atoms with Crippen LogP contribution in [0.25, 0.3) is 0 Å². The molecule has 24 heavy (non-hydrogen) atoms. The number of rotatable bonds is 3. The normalized spacial score (nSPS) is 17.7. The number of anilines is 1. The first-order valence-electron chi connectivity index (χ1n) is 7.64. The molecule has 0 saturated heterocycles. The number of amides is 3. The molecule has 6 nitrogen and oxygen atoms in total. The third-order valence-electron chi connectivity index (χ3n) is 4.10. The van der Waals surface area contributed by atoms with Gasteiger partial charge in [0.25, 0.3) is 5.91 Å². The third-order valence-corrected chi connectivity index (χ3v) is 4.10. The lowest BCUT2D eigenvalue weighted by Gasteiger charge is -2.32. The molecular formula is C18H19N3O3. The van der Waals surface area contributed by atoms with Crippen LogP contribution >= 0.6 is 0 Å². The summed E-state index contributed by atoms with van der Waals surface area (Å²) in [7, 11) is 1.63. The van der Waals surface area contributed by atoms with Crippen molar-refractivity contribution < 1.29 is 14.0 Å². The molecule has 2 N–H and O–H groups in total. The Morgan fingerprint density at radius 2 is 2.04 bits per heavy atom. The van der Waals surface area contributed by atoms with Crippen LogP contribution in [0.15, 0.2) is 58.3 Å². The molecule has 1 aromatic carbocycles. The molecule has 0 saturated carbocycles. The molecule has 1 unspecified atom stereocenters. The van der Waals surface area contributed by atoms with E-state index in [0.717, 1.165) is 5.56 Å². The van der Waals surface area contributed by atoms with Crippen LogP contribution in [0.5, 0.6) is 0 Å². The second-order valence-corrected chi connectivity index (χ2v) is 5.78. The molecule has 0 radical (unpaired) electrons. The quantitative estimate of drug-likeness (QED) is 0.910. The third kappa shape index (κ3) is 2.90. The van der Waals surface area contributed by atoms with Crippen molar-refractivity contribution in [3.63, 3.8) is 0 Å². The molecule has 0 bridgehead atoms. The van der Waals surface area contributed by atoms with Crippen LogP contribution in [-0.2, 0) is 4.79 Å². The minimum absolute atomic E-state index is 0.272. The number of furan rings is 1. The zero-order valence-electron chi connectivity index (χ0n) is 13.8. The molecule has 6 heteroatoms. The molecule has 1 aromatic heterocycles. The molecule has 0 spiro atoms. The molecule has 1 aliphatic rings. The van der Waals surface area contributed by atoms with Crippen LogP contribution in [0.2, 0.25) is 0 Å². The average Bonchev–Trinajstić information content (AvgIpc) is 3.06. The molecule has 2 aromatic rings. The van der Waals surface area contributed by atoms with E-state index >= 15 is 0 Å². The Bertz CT molecular complexity index is 809. The largest absolute Gasteiger partial charge is 0.467 e. The van der Waals surface area contributed by atoms with Crippen molar-refractivity contribution >= 4 is 17.6 Å². The number of benzene rings is 1. The van der Waals surface area contributed by atoms with Gasteiger partial charge in [-0.25, -0.2) is 4.79 Å². The maximum atomic E-state index is 12.9. The van der Waals surface area contributed by atoms with Crippen molar-refractivity contribution in [3.8, 4) is 0 Å². The molecular weight excluding hydrogens is 306 g/mol. The van der Waals surface area contributed by atoms with Gasteiger partial charge < -0.3 is 20.0 Å². The van der Waals surface area contributed by atoms with Gasteiger partial charge in [0.05, 0.1) is 11.8 Å². The number of carbonyl (C=O) groups is 2. The van der Waals surface area contributed by atoms with Crippen LogP contribution in [0.4, 0.5) is 10.5 Å². The van der Waals surface area contributed by atoms with Crippen LogP contribution in [0, 0.1) is 6.92 Å². The average molecular weight is 325 g/mol. The lowest BCUT2D eigenvalue weighted by molar-refractivity contribution is -0.113. The fourth-order valence-electron chi connectivity index (χ4n) is 2.72. The number of urea groups is 1. The van der Waals surface area contributed by atoms with Crippen molar-refractivity contribution in [3.05, 3.63) is 65.3 Å². The van der Waals surface area contributed by atoms with E-state index in [-0.39, 0.29) is 11.9 Å². The van der Waals surface area contributed by atoms with Gasteiger partial charge in [-0.1, -0.05) is 12.1 Å². The number of allylic oxidation sites excluding steroid dienone is 1. The first-order valence-corrected chi connectivity index (χ1v) is 7.64. The van der Waals surface area contributed by atoms with Gasteiger partial charge in [0, 0.05) is 18.4 Å². The van der Waals surface area contributed by atoms with E-state index in [1.165, 1.54) is 11.2 Å². The highest BCUT2D eigenvalue weighted by Crippen LogP contribution is 2.30. The first kappa shape index (κ1) is 15.9. The highest BCUT2D eigenvalue weighted by atomic mass is 16.3. The first-order chi connectivity index (χ1) is 11.5. The highest BCUT2D eigenvalue weighted by Gasteiger charge is 2.35. The lowest BCUT2D eigenvalue weighted by atomic mass is 9.99. The summed E-state index contributed by atoms with van der Waals surface area (Å²) in [6.07, 6.45) is 1.52. The van der Waals surface area contributed by atoms with Crippen LogP contribution in [-0.4, -0.2) is 23.9 Å². The Morgan fingerprint density at radius 1 is 1.25 bits per heavy atom. The van der Waals surface area contributed by atoms with E-state index in [1.807, 2.05) is 31.2 Å². The smallest absolute Gasteiger partial charge is 0.322 e. The minimum Gasteiger partial charge on any atom is -0.467 e. The molecule has 1 atom stereocenters. The van der Waals surface area contributed by atoms with Crippen molar-refractivity contribution in [2.45, 2.75) is 19.9 Å². The van der Waals surface area contributed by atoms with Crippen molar-refractivity contribution in [1.29, 1.82) is 0 Å². The standard InChI is InChI=1S/C18H19N3O3/c1-11-6-4-7-13(10-11)19-17(22)15-12(2)21(3)18(23)20-16(15)14-8-5-9-24-14/h4-10,16H,1-3H3,(H,19,22)(H,20,23). The van der Waals surface area contributed by atoms with Gasteiger partial charge in [0.1, 0.15) is 11.8 Å². The van der Waals surface area contributed by atoms with Crippen LogP contribution in [0.3, 0.4) is 0 Å². The second-order valence-electron chi connectivity index (χ2n) is 5.78. The van der Waals surface area contributed by atoms with Gasteiger partial charge in [-0.05, 0) is 43.7 Å². The van der Waals surface area contributed by atoms with Crippen molar-refractivity contribution in [2.75, 3.05) is 12.4 Å². The molecule has 0 fully saturated rings. The molecule has 3 amide bonds. The topological polar surface area (TPSA) is 74.6 Å². The molecule has 1 aliphatic heterocycles. The predicted octanol–water partition coefficient (Wildman–Crippen LogP) is 3.20. The second kappa shape index (κ2) is 6.23. The summed E-state index contributed by atoms with van der Waals surface area (Å²) in [6.45, 7) is 3.71. The summed E-state index contributed by atoms with van der Waals surface area (Å²) in [5.74, 6) is 0.247. The van der Waals surface area contributed by atoms with E-state index in [0.29, 0.717) is 22.7 Å². The van der Waals surface area contributed by atoms with Gasteiger partial charge in [0.2, 0.25) is 0 Å². The fourth-order valence-corrected chi connectivity index (χ4v) is 2.72. The van der Waals surface area contributed by atoms with Gasteiger partial charge in [-0.2, -0.15) is 0 Å². The van der Waals surface area contributed by atoms with E-state index < -0.39 is 6.04 Å². The van der Waals surface area contributed by atoms with Crippen molar-refractivity contribution in [1.82, 2.24) is 10.2 Å². The van der Waals surface area contributed by atoms with E-state index in [2.05, 4.69) is 10.6 Å². The molecule has 124 valence electrons. The van der Waals surface area contributed by atoms with E-state index in [1.54, 1.807) is 26.1 Å². The monoisotopic (exact) mass is 325 g/mol. The zero-order chi connectivity index (χ0) is 17.3. The Hall–Kier alpha value is -3.02. The SMILES string of the molecule is CC1=C(C(=O)Nc2cccc(C)c2)C(c2ccco2)NC(=O)N1C. The maximum absolute atomic E-state index is 12.9. The number of hydrogen-bond acceptors (Lipinski definition) is 3. The molecule has 0 aliphatic carbocycles. The minimum atomic E-state index is -0.617. The molecule has 2 heterocycles. The Morgan fingerprint density at radius 3 is 2.71 bits per heavy atom. The summed E-state index contributed by atoms with van der Waals surface area (Å²) in [6, 6.07) is 10.1. The van der Waals surface area contributed by atoms with Crippen molar-refractivity contribution in [2.24, 2.45) is 0 Å². The van der Waals surface area contributed by atoms with Crippen LogP contribution < -0.4 is 10.6 Å². The fraction of sp³-hybridized carbons (Fsp3) is 0.222. The van der Waals surface area contributed by atoms with Gasteiger partial charge in [0.15, 0.2) is 0 Å². The summed E-state index contributed by atoms with van der Waals surface area (Å²) in [4.78, 5) is 26.4. The zero-order valence-corrected chi connectivity index (χ0v) is 13.8. The van der Waals surface area contributed by atoms with Gasteiger partial charge in [-0.3, -0.25) is 4.79 Å². The summed E-state index contributed by atoms with van der Waals surface area (Å²) < 4.78 is 5.41. The Balaban J connectivity index is 1.97. The highest BCUT2D eigenvalue weighted by molar-refractivity contribution is 6.06. The summed E-state index contributed by atoms with van der Waals surface area (Å²) in [5, 5.41) is 5.70. The molecule has 3 rings (SSSR count). The number of aryl methyl sites for hydroxylation is 1. The Kier molecular flexibility index (Phi) is 4.12. The number of carbonyl (C=O) groups excluding carboxylic acids is 2. The maximum Gasteiger partial charge on any atom is 0.322 e. The lowest BCUT2D eigenvalue weighted by Crippen LogP contribution is -2.46. The summed E-state index contributed by atoms with van der Waals surface area (Å²) >= 11 is 0. The van der Waals surface area contributed by atoms with E-state index in [9.17, 15) is 9.59 Å². The number of nitrogens with zero attached hydrogens (tertiary/aromatic N) is 1. The summed E-state index contributed by atoms with van der Waals surface area (Å²) in [5.41, 5.74) is 2.80. The number of nitrogens with one attached hydrogen (secondary N) is 2. The van der Waals surface area contributed by atoms with Gasteiger partial charge >= 0.3 is 6.03 Å². The predicted molar refractivity (Wildman–Crippen MR) is 90.3 cm³/mol.